The molecule has 1 aromatic rings. The minimum atomic E-state index is 0. The molecule has 0 aliphatic heterocycles. The maximum Gasteiger partial charge on any atom is 0.121 e. The number of pyridine rings is 1. The molecular formula is C14H20N2S2. The fraction of sp³-hybridized carbons (Fsp3) is 0.571. The molecule has 18 heavy (non-hydrogen) atoms. The van der Waals surface area contributed by atoms with Crippen molar-refractivity contribution in [3.63, 3.8) is 0 Å². The van der Waals surface area contributed by atoms with E-state index in [9.17, 15) is 0 Å². The molecule has 2 nitrogen and oxygen atoms in total. The van der Waals surface area contributed by atoms with Crippen molar-refractivity contribution in [2.75, 3.05) is 0 Å². The SMILES string of the molecule is CC(C)(C)C1CCc2[nH]c(=S)c(C#N)cc2C1.S. The highest BCUT2D eigenvalue weighted by Crippen LogP contribution is 2.36. The molecule has 1 heterocycles. The minimum absolute atomic E-state index is 0. The molecule has 1 aliphatic rings. The van der Waals surface area contributed by atoms with Crippen molar-refractivity contribution >= 4 is 25.7 Å². The van der Waals surface area contributed by atoms with Crippen molar-refractivity contribution in [3.8, 4) is 6.07 Å². The van der Waals surface area contributed by atoms with Gasteiger partial charge in [-0.2, -0.15) is 18.8 Å². The van der Waals surface area contributed by atoms with Crippen LogP contribution < -0.4 is 0 Å². The van der Waals surface area contributed by atoms with Crippen molar-refractivity contribution in [3.05, 3.63) is 27.5 Å². The van der Waals surface area contributed by atoms with Crippen LogP contribution in [0.25, 0.3) is 0 Å². The van der Waals surface area contributed by atoms with E-state index in [4.69, 9.17) is 17.5 Å². The Balaban J connectivity index is 0.00000162. The molecule has 0 bridgehead atoms. The van der Waals surface area contributed by atoms with Gasteiger partial charge in [-0.1, -0.05) is 33.0 Å². The Morgan fingerprint density at radius 1 is 1.44 bits per heavy atom. The average Bonchev–Trinajstić information content (AvgIpc) is 2.26. The van der Waals surface area contributed by atoms with Gasteiger partial charge < -0.3 is 4.98 Å². The van der Waals surface area contributed by atoms with Gasteiger partial charge in [0, 0.05) is 5.69 Å². The molecule has 2 rings (SSSR count). The number of aryl methyl sites for hydroxylation is 1. The Labute approximate surface area is 121 Å². The summed E-state index contributed by atoms with van der Waals surface area (Å²) in [5.41, 5.74) is 3.45. The van der Waals surface area contributed by atoms with Gasteiger partial charge in [-0.15, -0.1) is 0 Å². The van der Waals surface area contributed by atoms with Crippen LogP contribution in [-0.2, 0) is 12.8 Å². The number of nitrogens with zero attached hydrogens (tertiary/aromatic N) is 1. The molecule has 1 N–H and O–H groups in total. The zero-order valence-corrected chi connectivity index (χ0v) is 12.9. The Kier molecular flexibility index (Phi) is 4.63. The van der Waals surface area contributed by atoms with Crippen LogP contribution in [0.1, 0.15) is 44.0 Å². The van der Waals surface area contributed by atoms with Crippen molar-refractivity contribution in [1.82, 2.24) is 4.98 Å². The summed E-state index contributed by atoms with van der Waals surface area (Å²) in [7, 11) is 0. The zero-order valence-electron chi connectivity index (χ0n) is 11.1. The lowest BCUT2D eigenvalue weighted by molar-refractivity contribution is 0.215. The summed E-state index contributed by atoms with van der Waals surface area (Å²) in [6.45, 7) is 6.87. The monoisotopic (exact) mass is 280 g/mol. The second-order valence-corrected chi connectivity index (χ2v) is 6.34. The molecule has 4 heteroatoms. The van der Waals surface area contributed by atoms with Crippen LogP contribution in [0.4, 0.5) is 0 Å². The normalized spacial score (nSPS) is 18.4. The van der Waals surface area contributed by atoms with E-state index in [1.165, 1.54) is 17.7 Å². The van der Waals surface area contributed by atoms with Gasteiger partial charge in [-0.3, -0.25) is 0 Å². The number of H-pyrrole nitrogens is 1. The predicted molar refractivity (Wildman–Crippen MR) is 81.7 cm³/mol. The molecule has 0 saturated heterocycles. The van der Waals surface area contributed by atoms with Crippen LogP contribution in [0.2, 0.25) is 0 Å². The summed E-state index contributed by atoms with van der Waals surface area (Å²) < 4.78 is 0.584. The first kappa shape index (κ1) is 15.3. The van der Waals surface area contributed by atoms with Crippen molar-refractivity contribution < 1.29 is 0 Å². The number of nitriles is 1. The van der Waals surface area contributed by atoms with E-state index in [0.717, 1.165) is 12.8 Å². The first-order valence-corrected chi connectivity index (χ1v) is 6.48. The third kappa shape index (κ3) is 2.96. The van der Waals surface area contributed by atoms with E-state index in [2.05, 4.69) is 31.8 Å². The predicted octanol–water partition coefficient (Wildman–Crippen LogP) is 3.88. The maximum absolute atomic E-state index is 9.01. The Bertz CT molecular complexity index is 532. The lowest BCUT2D eigenvalue weighted by Gasteiger charge is -2.34. The Morgan fingerprint density at radius 2 is 2.11 bits per heavy atom. The summed E-state index contributed by atoms with van der Waals surface area (Å²) in [5, 5.41) is 9.01. The highest BCUT2D eigenvalue weighted by molar-refractivity contribution is 7.71. The lowest BCUT2D eigenvalue weighted by Crippen LogP contribution is -2.27. The Morgan fingerprint density at radius 3 is 2.67 bits per heavy atom. The standard InChI is InChI=1S/C14H18N2S.H2S/c1-14(2,3)11-4-5-12-9(7-11)6-10(8-15)13(17)16-12;/h6,11H,4-5,7H2,1-3H3,(H,16,17);1H2. The quantitative estimate of drug-likeness (QED) is 0.733. The number of aromatic nitrogens is 1. The molecule has 0 radical (unpaired) electrons. The van der Waals surface area contributed by atoms with Crippen LogP contribution in [0.15, 0.2) is 6.07 Å². The van der Waals surface area contributed by atoms with Gasteiger partial charge in [0.2, 0.25) is 0 Å². The van der Waals surface area contributed by atoms with Crippen LogP contribution in [0.3, 0.4) is 0 Å². The van der Waals surface area contributed by atoms with E-state index < -0.39 is 0 Å². The number of nitrogens with one attached hydrogen (secondary N) is 1. The third-order valence-corrected chi connectivity index (χ3v) is 4.09. The molecular weight excluding hydrogens is 260 g/mol. The van der Waals surface area contributed by atoms with Gasteiger partial charge in [0.25, 0.3) is 0 Å². The van der Waals surface area contributed by atoms with Crippen molar-refractivity contribution in [2.24, 2.45) is 11.3 Å². The Hall–Kier alpha value is -0.790. The third-order valence-electron chi connectivity index (χ3n) is 3.77. The smallest absolute Gasteiger partial charge is 0.121 e. The first-order valence-electron chi connectivity index (χ1n) is 6.07. The van der Waals surface area contributed by atoms with Crippen LogP contribution in [-0.4, -0.2) is 4.98 Å². The molecule has 1 aromatic heterocycles. The van der Waals surface area contributed by atoms with Crippen LogP contribution in [0.5, 0.6) is 0 Å². The van der Waals surface area contributed by atoms with Crippen molar-refractivity contribution in [2.45, 2.75) is 40.0 Å². The largest absolute Gasteiger partial charge is 0.349 e. The van der Waals surface area contributed by atoms with E-state index in [1.54, 1.807) is 0 Å². The number of hydrogen-bond acceptors (Lipinski definition) is 2. The molecule has 0 fully saturated rings. The minimum Gasteiger partial charge on any atom is -0.349 e. The van der Waals surface area contributed by atoms with E-state index in [0.29, 0.717) is 21.5 Å². The summed E-state index contributed by atoms with van der Waals surface area (Å²) in [5.74, 6) is 0.686. The zero-order chi connectivity index (χ0) is 12.6. The van der Waals surface area contributed by atoms with Gasteiger partial charge in [0.15, 0.2) is 0 Å². The molecule has 0 saturated carbocycles. The first-order chi connectivity index (χ1) is 7.91. The highest BCUT2D eigenvalue weighted by atomic mass is 32.1. The second kappa shape index (κ2) is 5.46. The van der Waals surface area contributed by atoms with Crippen LogP contribution in [0, 0.1) is 27.3 Å². The topological polar surface area (TPSA) is 39.6 Å². The average molecular weight is 280 g/mol. The maximum atomic E-state index is 9.01. The van der Waals surface area contributed by atoms with E-state index in [1.807, 2.05) is 6.07 Å². The summed E-state index contributed by atoms with van der Waals surface area (Å²) in [4.78, 5) is 3.21. The highest BCUT2D eigenvalue weighted by Gasteiger charge is 2.29. The number of rotatable bonds is 0. The van der Waals surface area contributed by atoms with Gasteiger partial charge in [-0.05, 0) is 42.2 Å². The molecule has 0 amide bonds. The fourth-order valence-electron chi connectivity index (χ4n) is 2.53. The van der Waals surface area contributed by atoms with Gasteiger partial charge in [0.05, 0.1) is 5.56 Å². The molecule has 1 unspecified atom stereocenters. The molecule has 1 aliphatic carbocycles. The number of fused-ring (bicyclic) bond motifs is 1. The van der Waals surface area contributed by atoms with Crippen molar-refractivity contribution in [1.29, 1.82) is 5.26 Å². The van der Waals surface area contributed by atoms with Gasteiger partial charge in [-0.25, -0.2) is 0 Å². The lowest BCUT2D eigenvalue weighted by atomic mass is 9.71. The summed E-state index contributed by atoms with van der Waals surface area (Å²) in [6.07, 6.45) is 3.31. The van der Waals surface area contributed by atoms with E-state index in [-0.39, 0.29) is 13.5 Å². The van der Waals surface area contributed by atoms with Gasteiger partial charge in [0.1, 0.15) is 10.7 Å². The molecule has 0 spiro atoms. The van der Waals surface area contributed by atoms with E-state index >= 15 is 0 Å². The number of hydrogen-bond donors (Lipinski definition) is 1. The molecule has 0 aromatic carbocycles. The number of aromatic amines is 1. The summed E-state index contributed by atoms with van der Waals surface area (Å²) in [6, 6.07) is 4.14. The van der Waals surface area contributed by atoms with Crippen LogP contribution >= 0.6 is 25.7 Å². The van der Waals surface area contributed by atoms with Gasteiger partial charge >= 0.3 is 0 Å². The fourth-order valence-corrected chi connectivity index (χ4v) is 2.75. The molecule has 1 atom stereocenters. The summed E-state index contributed by atoms with van der Waals surface area (Å²) >= 11 is 5.16. The molecule has 98 valence electrons. The second-order valence-electron chi connectivity index (χ2n) is 5.93.